The van der Waals surface area contributed by atoms with Gasteiger partial charge in [0.15, 0.2) is 0 Å². The van der Waals surface area contributed by atoms with E-state index >= 15 is 0 Å². The Labute approximate surface area is 128 Å². The summed E-state index contributed by atoms with van der Waals surface area (Å²) in [6.45, 7) is 6.45. The van der Waals surface area contributed by atoms with E-state index in [1.165, 1.54) is 50.5 Å². The van der Waals surface area contributed by atoms with Crippen molar-refractivity contribution in [1.82, 2.24) is 0 Å². The van der Waals surface area contributed by atoms with Gasteiger partial charge in [0.1, 0.15) is 0 Å². The van der Waals surface area contributed by atoms with Gasteiger partial charge in [0, 0.05) is 0 Å². The van der Waals surface area contributed by atoms with Gasteiger partial charge in [-0.15, -0.1) is 5.73 Å². The molecule has 0 aromatic carbocycles. The van der Waals surface area contributed by atoms with Crippen molar-refractivity contribution in [2.45, 2.75) is 70.8 Å². The van der Waals surface area contributed by atoms with Gasteiger partial charge in [0.2, 0.25) is 0 Å². The van der Waals surface area contributed by atoms with Gasteiger partial charge in [-0.3, -0.25) is 0 Å². The molecule has 21 heavy (non-hydrogen) atoms. The summed E-state index contributed by atoms with van der Waals surface area (Å²) in [6, 6.07) is 0. The Morgan fingerprint density at radius 3 is 2.81 bits per heavy atom. The number of aliphatic hydroxyl groups excluding tert-OH is 1. The largest absolute Gasteiger partial charge is 0.393 e. The molecule has 2 saturated carbocycles. The third-order valence-electron chi connectivity index (χ3n) is 7.34. The van der Waals surface area contributed by atoms with E-state index in [0.29, 0.717) is 5.41 Å². The molecular weight excluding hydrogens is 256 g/mol. The van der Waals surface area contributed by atoms with Crippen molar-refractivity contribution in [3.05, 3.63) is 29.0 Å². The van der Waals surface area contributed by atoms with Crippen molar-refractivity contribution >= 4 is 0 Å². The van der Waals surface area contributed by atoms with Crippen LogP contribution in [0.2, 0.25) is 0 Å². The van der Waals surface area contributed by atoms with Gasteiger partial charge in [-0.25, -0.2) is 0 Å². The lowest BCUT2D eigenvalue weighted by molar-refractivity contribution is 0.0546. The van der Waals surface area contributed by atoms with Crippen LogP contribution in [0, 0.1) is 23.2 Å². The highest BCUT2D eigenvalue weighted by Gasteiger charge is 2.53. The Hall–Kier alpha value is -0.780. The molecule has 0 bridgehead atoms. The number of aliphatic hydroxyl groups is 1. The van der Waals surface area contributed by atoms with Crippen LogP contribution in [0.25, 0.3) is 0 Å². The van der Waals surface area contributed by atoms with Gasteiger partial charge in [0.25, 0.3) is 0 Å². The number of fused-ring (bicyclic) bond motifs is 4. The van der Waals surface area contributed by atoms with Gasteiger partial charge in [-0.05, 0) is 86.5 Å². The van der Waals surface area contributed by atoms with Crippen molar-refractivity contribution in [2.75, 3.05) is 0 Å². The fraction of sp³-hybridized carbons (Fsp3) is 0.750. The molecule has 1 N–H and O–H groups in total. The number of allylic oxidation sites excluding steroid dienone is 2. The molecule has 1 heteroatoms. The van der Waals surface area contributed by atoms with Gasteiger partial charge in [-0.1, -0.05) is 24.6 Å². The summed E-state index contributed by atoms with van der Waals surface area (Å²) in [5.74, 6) is 2.59. The first-order chi connectivity index (χ1) is 10.1. The Bertz CT molecular complexity index is 536. The second-order valence-corrected chi connectivity index (χ2v) is 8.09. The first-order valence-electron chi connectivity index (χ1n) is 8.91. The van der Waals surface area contributed by atoms with Crippen LogP contribution in [0.5, 0.6) is 0 Å². The van der Waals surface area contributed by atoms with Crippen molar-refractivity contribution < 1.29 is 5.11 Å². The topological polar surface area (TPSA) is 20.2 Å². The van der Waals surface area contributed by atoms with Gasteiger partial charge in [0.05, 0.1) is 6.10 Å². The first-order valence-corrected chi connectivity index (χ1v) is 8.91. The molecule has 4 unspecified atom stereocenters. The lowest BCUT2D eigenvalue weighted by Gasteiger charge is -2.51. The monoisotopic (exact) mass is 284 g/mol. The third kappa shape index (κ3) is 1.94. The summed E-state index contributed by atoms with van der Waals surface area (Å²) < 4.78 is 0. The van der Waals surface area contributed by atoms with E-state index in [-0.39, 0.29) is 6.10 Å². The number of hydrogen-bond donors (Lipinski definition) is 1. The van der Waals surface area contributed by atoms with Gasteiger partial charge in [-0.2, -0.15) is 0 Å². The lowest BCUT2D eigenvalue weighted by atomic mass is 9.54. The fourth-order valence-electron chi connectivity index (χ4n) is 6.29. The molecular formula is C20H28O. The van der Waals surface area contributed by atoms with E-state index in [0.717, 1.165) is 30.6 Å². The van der Waals surface area contributed by atoms with E-state index in [9.17, 15) is 5.11 Å². The maximum absolute atomic E-state index is 9.95. The molecule has 0 aromatic rings. The van der Waals surface area contributed by atoms with Crippen LogP contribution in [-0.2, 0) is 0 Å². The van der Waals surface area contributed by atoms with Crippen LogP contribution < -0.4 is 0 Å². The Morgan fingerprint density at radius 1 is 1.14 bits per heavy atom. The molecule has 0 amide bonds. The predicted octanol–water partition coefficient (Wildman–Crippen LogP) is 4.78. The molecule has 4 aliphatic carbocycles. The maximum Gasteiger partial charge on any atom is 0.0580 e. The second kappa shape index (κ2) is 4.86. The Kier molecular flexibility index (Phi) is 3.21. The molecule has 1 nitrogen and oxygen atoms in total. The van der Waals surface area contributed by atoms with Crippen molar-refractivity contribution in [3.8, 4) is 0 Å². The van der Waals surface area contributed by atoms with Crippen LogP contribution in [-0.4, -0.2) is 11.2 Å². The molecule has 0 heterocycles. The summed E-state index contributed by atoms with van der Waals surface area (Å²) in [6.07, 6.45) is 11.0. The number of hydrogen-bond acceptors (Lipinski definition) is 1. The van der Waals surface area contributed by atoms with Crippen LogP contribution in [0.3, 0.4) is 0 Å². The van der Waals surface area contributed by atoms with E-state index in [4.69, 9.17) is 0 Å². The average Bonchev–Trinajstić information content (AvgIpc) is 2.83. The molecule has 2 fully saturated rings. The predicted molar refractivity (Wildman–Crippen MR) is 85.8 cm³/mol. The molecule has 4 rings (SSSR count). The molecule has 0 radical (unpaired) electrons. The summed E-state index contributed by atoms with van der Waals surface area (Å²) in [7, 11) is 0. The maximum atomic E-state index is 9.95. The summed E-state index contributed by atoms with van der Waals surface area (Å²) in [4.78, 5) is 0. The summed E-state index contributed by atoms with van der Waals surface area (Å²) in [5.41, 5.74) is 8.61. The zero-order valence-corrected chi connectivity index (χ0v) is 13.3. The zero-order chi connectivity index (χ0) is 14.6. The van der Waals surface area contributed by atoms with Gasteiger partial charge < -0.3 is 5.11 Å². The van der Waals surface area contributed by atoms with E-state index < -0.39 is 0 Å². The van der Waals surface area contributed by atoms with Crippen LogP contribution in [0.1, 0.15) is 64.7 Å². The third-order valence-corrected chi connectivity index (χ3v) is 7.34. The van der Waals surface area contributed by atoms with Crippen molar-refractivity contribution in [1.29, 1.82) is 0 Å². The van der Waals surface area contributed by atoms with Crippen molar-refractivity contribution in [3.63, 3.8) is 0 Å². The normalized spacial score (nSPS) is 45.7. The Balaban J connectivity index is 1.66. The quantitative estimate of drug-likeness (QED) is 0.501. The standard InChI is InChI=1S/C20H28O/c1-3-14-5-9-19-18-7-4-13-12-15(21)6-8-16(13)17(18)10-11-20(14,19)2/h15,17-19,21H,1,4-12H2,2H3/t15?,17?,18?,19?,20-/m1/s1. The van der Waals surface area contributed by atoms with Gasteiger partial charge >= 0.3 is 0 Å². The minimum Gasteiger partial charge on any atom is -0.393 e. The number of rotatable bonds is 0. The van der Waals surface area contributed by atoms with Crippen LogP contribution in [0.4, 0.5) is 0 Å². The second-order valence-electron chi connectivity index (χ2n) is 8.09. The fourth-order valence-corrected chi connectivity index (χ4v) is 6.29. The lowest BCUT2D eigenvalue weighted by Crippen LogP contribution is -2.42. The molecule has 5 atom stereocenters. The molecule has 4 aliphatic rings. The van der Waals surface area contributed by atoms with E-state index in [1.54, 1.807) is 11.1 Å². The molecule has 0 aromatic heterocycles. The summed E-state index contributed by atoms with van der Waals surface area (Å²) in [5, 5.41) is 9.95. The zero-order valence-electron chi connectivity index (χ0n) is 13.3. The first kappa shape index (κ1) is 13.9. The minimum absolute atomic E-state index is 0.0593. The molecule has 0 aliphatic heterocycles. The highest BCUT2D eigenvalue weighted by molar-refractivity contribution is 5.30. The van der Waals surface area contributed by atoms with Crippen molar-refractivity contribution in [2.24, 2.45) is 23.2 Å². The minimum atomic E-state index is -0.0593. The molecule has 0 saturated heterocycles. The van der Waals surface area contributed by atoms with Crippen LogP contribution in [0.15, 0.2) is 29.0 Å². The van der Waals surface area contributed by atoms with E-state index in [2.05, 4.69) is 19.2 Å². The smallest absolute Gasteiger partial charge is 0.0580 e. The van der Waals surface area contributed by atoms with Crippen LogP contribution >= 0.6 is 0 Å². The highest BCUT2D eigenvalue weighted by Crippen LogP contribution is 2.62. The Morgan fingerprint density at radius 2 is 2.00 bits per heavy atom. The van der Waals surface area contributed by atoms with E-state index in [1.807, 2.05) is 0 Å². The SMILES string of the molecule is C=C=C1CCC2C3CCC4=C(CCC(O)C4)C3CC[C@]12C. The highest BCUT2D eigenvalue weighted by atomic mass is 16.3. The molecule has 114 valence electrons. The summed E-state index contributed by atoms with van der Waals surface area (Å²) >= 11 is 0. The molecule has 0 spiro atoms. The average molecular weight is 284 g/mol.